The molecule has 0 saturated carbocycles. The van der Waals surface area contributed by atoms with Gasteiger partial charge < -0.3 is 16.0 Å². The van der Waals surface area contributed by atoms with Crippen LogP contribution >= 0.6 is 47.0 Å². The van der Waals surface area contributed by atoms with E-state index < -0.39 is 0 Å². The highest BCUT2D eigenvalue weighted by Crippen LogP contribution is 2.25. The number of hydrogen-bond donors (Lipinski definition) is 3. The number of benzene rings is 2. The highest BCUT2D eigenvalue weighted by molar-refractivity contribution is 7.80. The molecule has 1 heterocycles. The van der Waals surface area contributed by atoms with Crippen molar-refractivity contribution in [3.8, 4) is 0 Å². The van der Waals surface area contributed by atoms with Crippen LogP contribution in [0.15, 0.2) is 47.8 Å². The number of carbonyl (C=O) groups is 1. The van der Waals surface area contributed by atoms with Crippen LogP contribution in [0.3, 0.4) is 0 Å². The monoisotopic (exact) mass is 423 g/mol. The van der Waals surface area contributed by atoms with E-state index in [2.05, 4.69) is 25.5 Å². The quantitative estimate of drug-likeness (QED) is 0.517. The number of aromatic nitrogens is 2. The first-order valence-electron chi connectivity index (χ1n) is 7.23. The molecular formula is C16H11Cl2N5OS2. The molecule has 3 aromatic rings. The van der Waals surface area contributed by atoms with Crippen molar-refractivity contribution in [3.63, 3.8) is 0 Å². The first-order valence-corrected chi connectivity index (χ1v) is 9.23. The fourth-order valence-corrected chi connectivity index (χ4v) is 2.93. The lowest BCUT2D eigenvalue weighted by atomic mass is 10.2. The maximum Gasteiger partial charge on any atom is 0.277 e. The minimum Gasteiger partial charge on any atom is -0.332 e. The van der Waals surface area contributed by atoms with E-state index in [-0.39, 0.29) is 11.6 Å². The Morgan fingerprint density at radius 2 is 1.54 bits per heavy atom. The molecule has 0 radical (unpaired) electrons. The van der Waals surface area contributed by atoms with Crippen molar-refractivity contribution in [1.29, 1.82) is 0 Å². The van der Waals surface area contributed by atoms with Gasteiger partial charge in [0.15, 0.2) is 10.8 Å². The van der Waals surface area contributed by atoms with Crippen molar-refractivity contribution in [1.82, 2.24) is 9.59 Å². The van der Waals surface area contributed by atoms with Crippen molar-refractivity contribution >= 4 is 75.0 Å². The van der Waals surface area contributed by atoms with Crippen LogP contribution in [-0.2, 0) is 0 Å². The lowest BCUT2D eigenvalue weighted by Gasteiger charge is -2.12. The molecule has 3 rings (SSSR count). The zero-order valence-electron chi connectivity index (χ0n) is 13.0. The smallest absolute Gasteiger partial charge is 0.277 e. The van der Waals surface area contributed by atoms with Crippen molar-refractivity contribution < 1.29 is 4.79 Å². The standard InChI is InChI=1S/C16H11Cl2N5OS2/c17-12-6-5-11(7-13(12)18)21-16(25)20-10-3-1-9(2-4-10)19-15(24)14-8-26-23-22-14/h1-8H,(H,19,24)(H2,20,21,25). The fourth-order valence-electron chi connectivity index (χ4n) is 1.96. The number of nitrogens with zero attached hydrogens (tertiary/aromatic N) is 2. The molecule has 2 aromatic carbocycles. The first-order chi connectivity index (χ1) is 12.5. The second kappa shape index (κ2) is 8.41. The first kappa shape index (κ1) is 18.5. The summed E-state index contributed by atoms with van der Waals surface area (Å²) in [6, 6.07) is 12.2. The molecule has 1 amide bonds. The Kier molecular flexibility index (Phi) is 6.00. The molecule has 0 saturated heterocycles. The number of rotatable bonds is 4. The number of anilines is 3. The molecule has 0 atom stereocenters. The second-order valence-corrected chi connectivity index (χ2v) is 6.86. The van der Waals surface area contributed by atoms with Crippen LogP contribution in [0.5, 0.6) is 0 Å². The largest absolute Gasteiger partial charge is 0.332 e. The fraction of sp³-hybridized carbons (Fsp3) is 0. The van der Waals surface area contributed by atoms with Gasteiger partial charge in [-0.1, -0.05) is 27.7 Å². The van der Waals surface area contributed by atoms with Gasteiger partial charge in [0.25, 0.3) is 5.91 Å². The summed E-state index contributed by atoms with van der Waals surface area (Å²) in [5, 5.41) is 15.4. The van der Waals surface area contributed by atoms with Gasteiger partial charge in [-0.25, -0.2) is 0 Å². The van der Waals surface area contributed by atoms with E-state index in [4.69, 9.17) is 35.4 Å². The Balaban J connectivity index is 1.57. The van der Waals surface area contributed by atoms with Crippen molar-refractivity contribution in [2.24, 2.45) is 0 Å². The third kappa shape index (κ3) is 4.89. The molecule has 26 heavy (non-hydrogen) atoms. The number of thiocarbonyl (C=S) groups is 1. The van der Waals surface area contributed by atoms with Gasteiger partial charge in [0.1, 0.15) is 0 Å². The molecule has 0 unspecified atom stereocenters. The highest BCUT2D eigenvalue weighted by Gasteiger charge is 2.09. The van der Waals surface area contributed by atoms with Crippen molar-refractivity contribution in [3.05, 3.63) is 63.6 Å². The summed E-state index contributed by atoms with van der Waals surface area (Å²) in [5.74, 6) is -0.309. The van der Waals surface area contributed by atoms with Gasteiger partial charge in [-0.3, -0.25) is 4.79 Å². The van der Waals surface area contributed by atoms with Crippen LogP contribution in [0.25, 0.3) is 0 Å². The Hall–Kier alpha value is -2.26. The van der Waals surface area contributed by atoms with E-state index >= 15 is 0 Å². The molecule has 0 aliphatic carbocycles. The van der Waals surface area contributed by atoms with Crippen LogP contribution in [0.1, 0.15) is 10.5 Å². The average Bonchev–Trinajstić information content (AvgIpc) is 3.15. The SMILES string of the molecule is O=C(Nc1ccc(NC(=S)Nc2ccc(Cl)c(Cl)c2)cc1)c1csnn1. The maximum absolute atomic E-state index is 11.9. The van der Waals surface area contributed by atoms with Gasteiger partial charge in [0.2, 0.25) is 0 Å². The number of halogens is 2. The van der Waals surface area contributed by atoms with Gasteiger partial charge in [-0.2, -0.15) is 0 Å². The molecule has 0 aliphatic rings. The summed E-state index contributed by atoms with van der Waals surface area (Å²) >= 11 is 18.3. The summed E-state index contributed by atoms with van der Waals surface area (Å²) in [6.07, 6.45) is 0. The van der Waals surface area contributed by atoms with Crippen LogP contribution in [-0.4, -0.2) is 20.6 Å². The second-order valence-electron chi connectivity index (χ2n) is 5.03. The van der Waals surface area contributed by atoms with Gasteiger partial charge in [0.05, 0.1) is 10.0 Å². The molecule has 0 bridgehead atoms. The van der Waals surface area contributed by atoms with E-state index in [0.29, 0.717) is 20.8 Å². The van der Waals surface area contributed by atoms with Gasteiger partial charge >= 0.3 is 0 Å². The molecule has 6 nitrogen and oxygen atoms in total. The summed E-state index contributed by atoms with van der Waals surface area (Å²) in [6.45, 7) is 0. The zero-order chi connectivity index (χ0) is 18.5. The molecule has 10 heteroatoms. The number of nitrogens with one attached hydrogen (secondary N) is 3. The van der Waals surface area contributed by atoms with Gasteiger partial charge in [-0.05, 0) is 66.2 Å². The molecule has 132 valence electrons. The van der Waals surface area contributed by atoms with Crippen LogP contribution in [0.2, 0.25) is 10.0 Å². The van der Waals surface area contributed by atoms with Crippen LogP contribution in [0.4, 0.5) is 17.1 Å². The Morgan fingerprint density at radius 1 is 0.923 bits per heavy atom. The van der Waals surface area contributed by atoms with E-state index in [1.54, 1.807) is 47.8 Å². The van der Waals surface area contributed by atoms with E-state index in [0.717, 1.165) is 22.9 Å². The van der Waals surface area contributed by atoms with Crippen LogP contribution in [0, 0.1) is 0 Å². The van der Waals surface area contributed by atoms with E-state index in [1.807, 2.05) is 0 Å². The van der Waals surface area contributed by atoms with Gasteiger partial charge in [0, 0.05) is 22.4 Å². The lowest BCUT2D eigenvalue weighted by Crippen LogP contribution is -2.19. The molecule has 0 spiro atoms. The predicted octanol–water partition coefficient (Wildman–Crippen LogP) is 4.91. The van der Waals surface area contributed by atoms with E-state index in [9.17, 15) is 4.79 Å². The predicted molar refractivity (Wildman–Crippen MR) is 111 cm³/mol. The number of amides is 1. The zero-order valence-corrected chi connectivity index (χ0v) is 16.1. The maximum atomic E-state index is 11.9. The molecule has 0 fully saturated rings. The normalized spacial score (nSPS) is 10.2. The summed E-state index contributed by atoms with van der Waals surface area (Å²) in [4.78, 5) is 11.9. The lowest BCUT2D eigenvalue weighted by molar-refractivity contribution is 0.102. The molecular weight excluding hydrogens is 413 g/mol. The average molecular weight is 424 g/mol. The Bertz CT molecular complexity index is 932. The molecule has 0 aliphatic heterocycles. The third-order valence-corrected chi connectivity index (χ3v) is 4.62. The van der Waals surface area contributed by atoms with E-state index in [1.165, 1.54) is 0 Å². The van der Waals surface area contributed by atoms with Crippen LogP contribution < -0.4 is 16.0 Å². The van der Waals surface area contributed by atoms with Crippen molar-refractivity contribution in [2.75, 3.05) is 16.0 Å². The Morgan fingerprint density at radius 3 is 2.15 bits per heavy atom. The number of carbonyl (C=O) groups excluding carboxylic acids is 1. The number of hydrogen-bond acceptors (Lipinski definition) is 5. The molecule has 3 N–H and O–H groups in total. The summed E-state index contributed by atoms with van der Waals surface area (Å²) < 4.78 is 3.66. The summed E-state index contributed by atoms with van der Waals surface area (Å²) in [5.41, 5.74) is 2.40. The highest BCUT2D eigenvalue weighted by atomic mass is 35.5. The minimum absolute atomic E-state index is 0.282. The van der Waals surface area contributed by atoms with Crippen molar-refractivity contribution in [2.45, 2.75) is 0 Å². The molecule has 1 aromatic heterocycles. The Labute approximate surface area is 168 Å². The topological polar surface area (TPSA) is 78.9 Å². The van der Waals surface area contributed by atoms with Gasteiger partial charge in [-0.15, -0.1) is 5.10 Å². The summed E-state index contributed by atoms with van der Waals surface area (Å²) in [7, 11) is 0. The third-order valence-electron chi connectivity index (χ3n) is 3.17. The minimum atomic E-state index is -0.309.